The smallest absolute Gasteiger partial charge is 0.228 e. The van der Waals surface area contributed by atoms with Gasteiger partial charge in [-0.15, -0.1) is 11.3 Å². The highest BCUT2D eigenvalue weighted by Gasteiger charge is 2.22. The van der Waals surface area contributed by atoms with E-state index in [9.17, 15) is 4.79 Å². The molecule has 0 radical (unpaired) electrons. The predicted octanol–water partition coefficient (Wildman–Crippen LogP) is 1.58. The quantitative estimate of drug-likeness (QED) is 0.718. The van der Waals surface area contributed by atoms with Crippen molar-refractivity contribution in [3.63, 3.8) is 0 Å². The van der Waals surface area contributed by atoms with Crippen molar-refractivity contribution in [1.82, 2.24) is 24.3 Å². The number of hydrogen-bond acceptors (Lipinski definition) is 6. The summed E-state index contributed by atoms with van der Waals surface area (Å²) < 4.78 is 7.06. The van der Waals surface area contributed by atoms with Crippen molar-refractivity contribution >= 4 is 22.2 Å². The minimum absolute atomic E-state index is 0.151. The van der Waals surface area contributed by atoms with E-state index in [0.29, 0.717) is 6.42 Å². The van der Waals surface area contributed by atoms with E-state index in [2.05, 4.69) is 15.0 Å². The van der Waals surface area contributed by atoms with E-state index < -0.39 is 0 Å². The van der Waals surface area contributed by atoms with Crippen LogP contribution in [0.5, 0.6) is 0 Å². The largest absolute Gasteiger partial charge is 0.361 e. The molecule has 0 unspecified atom stereocenters. The number of piperazine rings is 1. The standard InChI is InChI=1S/C16H19N5O2S/c1-12-8-14(18-23-12)10-19-2-4-20(5-3-19)15(22)9-13-11-21-6-7-24-16(21)17-13/h6-8,11H,2-5,9-10H2,1H3. The van der Waals surface area contributed by atoms with E-state index in [1.54, 1.807) is 11.3 Å². The summed E-state index contributed by atoms with van der Waals surface area (Å²) in [6, 6.07) is 1.96. The Hall–Kier alpha value is -2.19. The van der Waals surface area contributed by atoms with Crippen molar-refractivity contribution < 1.29 is 9.32 Å². The molecule has 0 bridgehead atoms. The lowest BCUT2D eigenvalue weighted by Crippen LogP contribution is -2.48. The maximum atomic E-state index is 12.5. The van der Waals surface area contributed by atoms with E-state index in [0.717, 1.165) is 54.8 Å². The molecule has 4 rings (SSSR count). The molecular formula is C16H19N5O2S. The van der Waals surface area contributed by atoms with Crippen LogP contribution in [-0.4, -0.2) is 56.4 Å². The van der Waals surface area contributed by atoms with Crippen LogP contribution in [0.2, 0.25) is 0 Å². The first kappa shape index (κ1) is 15.3. The molecule has 7 nitrogen and oxygen atoms in total. The molecule has 1 amide bonds. The predicted molar refractivity (Wildman–Crippen MR) is 89.9 cm³/mol. The minimum Gasteiger partial charge on any atom is -0.361 e. The van der Waals surface area contributed by atoms with Gasteiger partial charge in [-0.05, 0) is 6.92 Å². The molecular weight excluding hydrogens is 326 g/mol. The van der Waals surface area contributed by atoms with E-state index in [-0.39, 0.29) is 5.91 Å². The van der Waals surface area contributed by atoms with Gasteiger partial charge in [-0.25, -0.2) is 4.98 Å². The van der Waals surface area contributed by atoms with Gasteiger partial charge in [0, 0.05) is 56.6 Å². The molecule has 1 aliphatic heterocycles. The van der Waals surface area contributed by atoms with Crippen molar-refractivity contribution in [2.75, 3.05) is 26.2 Å². The van der Waals surface area contributed by atoms with Gasteiger partial charge in [0.1, 0.15) is 5.76 Å². The average molecular weight is 345 g/mol. The van der Waals surface area contributed by atoms with Crippen LogP contribution in [0, 0.1) is 6.92 Å². The lowest BCUT2D eigenvalue weighted by Gasteiger charge is -2.34. The molecule has 24 heavy (non-hydrogen) atoms. The lowest BCUT2D eigenvalue weighted by atomic mass is 10.2. The van der Waals surface area contributed by atoms with Gasteiger partial charge in [-0.1, -0.05) is 5.16 Å². The van der Waals surface area contributed by atoms with E-state index in [1.165, 1.54) is 0 Å². The van der Waals surface area contributed by atoms with Crippen LogP contribution in [0.25, 0.3) is 4.96 Å². The summed E-state index contributed by atoms with van der Waals surface area (Å²) in [6.45, 7) is 5.88. The zero-order valence-electron chi connectivity index (χ0n) is 13.5. The Labute approximate surface area is 143 Å². The summed E-state index contributed by atoms with van der Waals surface area (Å²) in [5.41, 5.74) is 1.79. The van der Waals surface area contributed by atoms with Crippen LogP contribution in [0.4, 0.5) is 0 Å². The number of thiazole rings is 1. The van der Waals surface area contributed by atoms with Crippen molar-refractivity contribution in [3.05, 3.63) is 41.0 Å². The number of imidazole rings is 1. The number of hydrogen-bond donors (Lipinski definition) is 0. The Balaban J connectivity index is 1.30. The topological polar surface area (TPSA) is 66.9 Å². The average Bonchev–Trinajstić information content (AvgIpc) is 3.24. The number of aryl methyl sites for hydroxylation is 1. The van der Waals surface area contributed by atoms with Gasteiger partial charge in [0.2, 0.25) is 5.91 Å². The van der Waals surface area contributed by atoms with Gasteiger partial charge in [0.15, 0.2) is 4.96 Å². The van der Waals surface area contributed by atoms with E-state index in [4.69, 9.17) is 4.52 Å². The van der Waals surface area contributed by atoms with Crippen LogP contribution < -0.4 is 0 Å². The maximum absolute atomic E-state index is 12.5. The molecule has 1 aliphatic rings. The van der Waals surface area contributed by atoms with Crippen molar-refractivity contribution in [1.29, 1.82) is 0 Å². The molecule has 0 saturated carbocycles. The van der Waals surface area contributed by atoms with Crippen molar-refractivity contribution in [3.8, 4) is 0 Å². The molecule has 0 spiro atoms. The number of amides is 1. The third-order valence-corrected chi connectivity index (χ3v) is 5.03. The number of fused-ring (bicyclic) bond motifs is 1. The van der Waals surface area contributed by atoms with Gasteiger partial charge < -0.3 is 9.42 Å². The fourth-order valence-electron chi connectivity index (χ4n) is 3.00. The number of aromatic nitrogens is 3. The number of carbonyl (C=O) groups excluding carboxylic acids is 1. The Morgan fingerprint density at radius 1 is 1.29 bits per heavy atom. The van der Waals surface area contributed by atoms with Crippen LogP contribution in [0.15, 0.2) is 28.4 Å². The molecule has 8 heteroatoms. The van der Waals surface area contributed by atoms with Gasteiger partial charge >= 0.3 is 0 Å². The van der Waals surface area contributed by atoms with Crippen LogP contribution in [-0.2, 0) is 17.8 Å². The number of rotatable bonds is 4. The Bertz CT molecular complexity index is 815. The maximum Gasteiger partial charge on any atom is 0.228 e. The summed E-state index contributed by atoms with van der Waals surface area (Å²) in [7, 11) is 0. The highest BCUT2D eigenvalue weighted by molar-refractivity contribution is 7.15. The second-order valence-electron chi connectivity index (χ2n) is 6.09. The summed E-state index contributed by atoms with van der Waals surface area (Å²) in [5, 5.41) is 6.02. The molecule has 4 heterocycles. The van der Waals surface area contributed by atoms with Crippen LogP contribution >= 0.6 is 11.3 Å². The first-order valence-corrected chi connectivity index (χ1v) is 8.89. The van der Waals surface area contributed by atoms with E-state index >= 15 is 0 Å². The Kier molecular flexibility index (Phi) is 4.07. The molecule has 126 valence electrons. The molecule has 1 fully saturated rings. The monoisotopic (exact) mass is 345 g/mol. The fraction of sp³-hybridized carbons (Fsp3) is 0.438. The number of nitrogens with zero attached hydrogens (tertiary/aromatic N) is 5. The zero-order chi connectivity index (χ0) is 16.5. The molecule has 3 aromatic heterocycles. The summed E-state index contributed by atoms with van der Waals surface area (Å²) in [5.74, 6) is 0.983. The van der Waals surface area contributed by atoms with Crippen molar-refractivity contribution in [2.24, 2.45) is 0 Å². The highest BCUT2D eigenvalue weighted by Crippen LogP contribution is 2.14. The summed E-state index contributed by atoms with van der Waals surface area (Å²) in [6.07, 6.45) is 4.27. The fourth-order valence-corrected chi connectivity index (χ4v) is 3.72. The normalized spacial score (nSPS) is 16.1. The molecule has 0 aliphatic carbocycles. The number of carbonyl (C=O) groups is 1. The minimum atomic E-state index is 0.151. The summed E-state index contributed by atoms with van der Waals surface area (Å²) >= 11 is 1.58. The third kappa shape index (κ3) is 3.20. The second-order valence-corrected chi connectivity index (χ2v) is 6.96. The van der Waals surface area contributed by atoms with Gasteiger partial charge in [-0.3, -0.25) is 14.1 Å². The second kappa shape index (κ2) is 6.37. The van der Waals surface area contributed by atoms with Gasteiger partial charge in [-0.2, -0.15) is 0 Å². The lowest BCUT2D eigenvalue weighted by molar-refractivity contribution is -0.132. The van der Waals surface area contributed by atoms with Gasteiger partial charge in [0.25, 0.3) is 0 Å². The van der Waals surface area contributed by atoms with Gasteiger partial charge in [0.05, 0.1) is 17.8 Å². The first-order chi connectivity index (χ1) is 11.7. The zero-order valence-corrected chi connectivity index (χ0v) is 14.3. The molecule has 0 N–H and O–H groups in total. The molecule has 0 atom stereocenters. The van der Waals surface area contributed by atoms with Crippen molar-refractivity contribution in [2.45, 2.75) is 19.9 Å². The van der Waals surface area contributed by atoms with Crippen LogP contribution in [0.3, 0.4) is 0 Å². The van der Waals surface area contributed by atoms with Crippen LogP contribution in [0.1, 0.15) is 17.1 Å². The molecule has 3 aromatic rings. The third-order valence-electron chi connectivity index (χ3n) is 4.26. The highest BCUT2D eigenvalue weighted by atomic mass is 32.1. The Morgan fingerprint density at radius 2 is 2.12 bits per heavy atom. The molecule has 0 aromatic carbocycles. The SMILES string of the molecule is Cc1cc(CN2CCN(C(=O)Cc3cn4ccsc4n3)CC2)no1. The first-order valence-electron chi connectivity index (χ1n) is 8.01. The molecule has 1 saturated heterocycles. The van der Waals surface area contributed by atoms with E-state index in [1.807, 2.05) is 40.1 Å². The summed E-state index contributed by atoms with van der Waals surface area (Å²) in [4.78, 5) is 22.1. The Morgan fingerprint density at radius 3 is 2.83 bits per heavy atom.